The largest absolute Gasteiger partial charge is 0.352 e. The van der Waals surface area contributed by atoms with Crippen LogP contribution in [0.5, 0.6) is 0 Å². The number of amides is 1. The van der Waals surface area contributed by atoms with E-state index in [-0.39, 0.29) is 5.91 Å². The van der Waals surface area contributed by atoms with E-state index in [0.717, 1.165) is 16.9 Å². The van der Waals surface area contributed by atoms with Crippen molar-refractivity contribution in [3.63, 3.8) is 0 Å². The highest BCUT2D eigenvalue weighted by atomic mass is 16.1. The molecule has 20 heavy (non-hydrogen) atoms. The summed E-state index contributed by atoms with van der Waals surface area (Å²) >= 11 is 0. The van der Waals surface area contributed by atoms with Crippen molar-refractivity contribution in [3.05, 3.63) is 42.2 Å². The van der Waals surface area contributed by atoms with Gasteiger partial charge in [0, 0.05) is 13.0 Å². The van der Waals surface area contributed by atoms with Gasteiger partial charge in [0.2, 0.25) is 5.91 Å². The number of para-hydroxylation sites is 2. The van der Waals surface area contributed by atoms with Crippen LogP contribution >= 0.6 is 0 Å². The maximum Gasteiger partial charge on any atom is 0.243 e. The van der Waals surface area contributed by atoms with Gasteiger partial charge in [0.15, 0.2) is 0 Å². The summed E-state index contributed by atoms with van der Waals surface area (Å²) in [7, 11) is 0. The summed E-state index contributed by atoms with van der Waals surface area (Å²) in [5.74, 6) is 3.45. The van der Waals surface area contributed by atoms with E-state index >= 15 is 0 Å². The molecule has 1 aromatic heterocycles. The van der Waals surface area contributed by atoms with Crippen molar-refractivity contribution in [2.24, 2.45) is 0 Å². The number of aromatic nitrogens is 2. The van der Waals surface area contributed by atoms with Crippen LogP contribution in [0.4, 0.5) is 0 Å². The third kappa shape index (κ3) is 3.07. The number of imidazole rings is 1. The average Bonchev–Trinajstić information content (AvgIpc) is 2.78. The lowest BCUT2D eigenvalue weighted by atomic mass is 10.3. The van der Waals surface area contributed by atoms with Crippen LogP contribution in [-0.2, 0) is 17.8 Å². The SMILES string of the molecule is C#CCn1c(CCNC(=O)/C=C/C)nc2ccccc21. The molecule has 4 heteroatoms. The van der Waals surface area contributed by atoms with Crippen LogP contribution < -0.4 is 5.32 Å². The molecule has 0 radical (unpaired) electrons. The molecule has 0 atom stereocenters. The molecule has 102 valence electrons. The van der Waals surface area contributed by atoms with Crippen LogP contribution in [0.3, 0.4) is 0 Å². The fourth-order valence-electron chi connectivity index (χ4n) is 2.09. The van der Waals surface area contributed by atoms with Crippen LogP contribution in [0, 0.1) is 12.3 Å². The van der Waals surface area contributed by atoms with Gasteiger partial charge in [0.05, 0.1) is 17.6 Å². The van der Waals surface area contributed by atoms with Gasteiger partial charge in [-0.25, -0.2) is 4.98 Å². The van der Waals surface area contributed by atoms with Crippen molar-refractivity contribution in [3.8, 4) is 12.3 Å². The summed E-state index contributed by atoms with van der Waals surface area (Å²) in [5, 5.41) is 2.82. The minimum atomic E-state index is -0.0906. The number of benzene rings is 1. The van der Waals surface area contributed by atoms with Crippen LogP contribution in [0.2, 0.25) is 0 Å². The number of terminal acetylenes is 1. The standard InChI is InChI=1S/C16H17N3O/c1-3-7-16(20)17-11-10-15-18-13-8-5-6-9-14(13)19(15)12-4-2/h2-3,5-9H,10-12H2,1H3,(H,17,20)/b7-3+. The Labute approximate surface area is 118 Å². The molecule has 0 spiro atoms. The van der Waals surface area contributed by atoms with Crippen molar-refractivity contribution in [1.29, 1.82) is 0 Å². The first-order valence-corrected chi connectivity index (χ1v) is 6.54. The third-order valence-corrected chi connectivity index (χ3v) is 2.95. The number of carbonyl (C=O) groups is 1. The van der Waals surface area contributed by atoms with E-state index in [9.17, 15) is 4.79 Å². The predicted octanol–water partition coefficient (Wildman–Crippen LogP) is 1.90. The van der Waals surface area contributed by atoms with Crippen molar-refractivity contribution < 1.29 is 4.79 Å². The predicted molar refractivity (Wildman–Crippen MR) is 80.1 cm³/mol. The summed E-state index contributed by atoms with van der Waals surface area (Å²) in [4.78, 5) is 15.9. The van der Waals surface area contributed by atoms with E-state index in [0.29, 0.717) is 19.5 Å². The second-order valence-corrected chi connectivity index (χ2v) is 4.35. The molecule has 2 aromatic rings. The number of rotatable bonds is 5. The highest BCUT2D eigenvalue weighted by Crippen LogP contribution is 2.15. The second-order valence-electron chi connectivity index (χ2n) is 4.35. The van der Waals surface area contributed by atoms with Gasteiger partial charge >= 0.3 is 0 Å². The fourth-order valence-corrected chi connectivity index (χ4v) is 2.09. The fraction of sp³-hybridized carbons (Fsp3) is 0.250. The van der Waals surface area contributed by atoms with E-state index in [1.165, 1.54) is 6.08 Å². The lowest BCUT2D eigenvalue weighted by molar-refractivity contribution is -0.116. The highest BCUT2D eigenvalue weighted by molar-refractivity contribution is 5.87. The summed E-state index contributed by atoms with van der Waals surface area (Å²) in [6.45, 7) is 2.83. The minimum Gasteiger partial charge on any atom is -0.352 e. The van der Waals surface area contributed by atoms with E-state index < -0.39 is 0 Å². The second kappa shape index (κ2) is 6.58. The quantitative estimate of drug-likeness (QED) is 0.664. The number of allylic oxidation sites excluding steroid dienone is 1. The number of nitrogens with one attached hydrogen (secondary N) is 1. The molecule has 0 unspecified atom stereocenters. The zero-order valence-corrected chi connectivity index (χ0v) is 11.5. The Hall–Kier alpha value is -2.54. The Bertz CT molecular complexity index is 677. The molecule has 1 N–H and O–H groups in total. The van der Waals surface area contributed by atoms with E-state index in [2.05, 4.69) is 16.2 Å². The van der Waals surface area contributed by atoms with Gasteiger partial charge < -0.3 is 9.88 Å². The summed E-state index contributed by atoms with van der Waals surface area (Å²) in [6, 6.07) is 7.88. The molecule has 1 aromatic carbocycles. The Balaban J connectivity index is 2.15. The molecule has 0 bridgehead atoms. The number of fused-ring (bicyclic) bond motifs is 1. The maximum atomic E-state index is 11.4. The maximum absolute atomic E-state index is 11.4. The number of hydrogen-bond donors (Lipinski definition) is 1. The van der Waals surface area contributed by atoms with E-state index in [4.69, 9.17) is 6.42 Å². The molecule has 0 aliphatic heterocycles. The molecule has 0 fully saturated rings. The Morgan fingerprint density at radius 3 is 3.05 bits per heavy atom. The van der Waals surface area contributed by atoms with Gasteiger partial charge in [0.1, 0.15) is 5.82 Å². The van der Waals surface area contributed by atoms with Crippen LogP contribution in [0.15, 0.2) is 36.4 Å². The van der Waals surface area contributed by atoms with Crippen molar-refractivity contribution in [2.45, 2.75) is 19.9 Å². The van der Waals surface area contributed by atoms with Gasteiger partial charge in [-0.15, -0.1) is 6.42 Å². The van der Waals surface area contributed by atoms with Crippen molar-refractivity contribution in [2.75, 3.05) is 6.54 Å². The average molecular weight is 267 g/mol. The summed E-state index contributed by atoms with van der Waals surface area (Å²) < 4.78 is 2.01. The van der Waals surface area contributed by atoms with E-state index in [1.54, 1.807) is 6.08 Å². The molecular formula is C16H17N3O. The lowest BCUT2D eigenvalue weighted by Crippen LogP contribution is -2.24. The summed E-state index contributed by atoms with van der Waals surface area (Å²) in [5.41, 5.74) is 1.96. The first-order valence-electron chi connectivity index (χ1n) is 6.54. The normalized spacial score (nSPS) is 10.8. The number of hydrogen-bond acceptors (Lipinski definition) is 2. The molecule has 0 saturated heterocycles. The minimum absolute atomic E-state index is 0.0906. The summed E-state index contributed by atoms with van der Waals surface area (Å²) in [6.07, 6.45) is 9.29. The lowest BCUT2D eigenvalue weighted by Gasteiger charge is -2.05. The van der Waals surface area contributed by atoms with Crippen LogP contribution in [0.25, 0.3) is 11.0 Å². The number of carbonyl (C=O) groups excluding carboxylic acids is 1. The first-order chi connectivity index (χ1) is 9.76. The van der Waals surface area contributed by atoms with Crippen LogP contribution in [-0.4, -0.2) is 22.0 Å². The molecular weight excluding hydrogens is 250 g/mol. The molecule has 1 amide bonds. The highest BCUT2D eigenvalue weighted by Gasteiger charge is 2.09. The topological polar surface area (TPSA) is 46.9 Å². The molecule has 4 nitrogen and oxygen atoms in total. The van der Waals surface area contributed by atoms with Crippen molar-refractivity contribution in [1.82, 2.24) is 14.9 Å². The van der Waals surface area contributed by atoms with Gasteiger partial charge in [-0.1, -0.05) is 24.1 Å². The molecule has 0 aliphatic carbocycles. The van der Waals surface area contributed by atoms with Crippen LogP contribution in [0.1, 0.15) is 12.7 Å². The monoisotopic (exact) mass is 267 g/mol. The third-order valence-electron chi connectivity index (χ3n) is 2.95. The first kappa shape index (κ1) is 13.9. The molecule has 0 saturated carbocycles. The zero-order valence-electron chi connectivity index (χ0n) is 11.5. The smallest absolute Gasteiger partial charge is 0.243 e. The Morgan fingerprint density at radius 2 is 2.30 bits per heavy atom. The number of nitrogens with zero attached hydrogens (tertiary/aromatic N) is 2. The van der Waals surface area contributed by atoms with Gasteiger partial charge in [0.25, 0.3) is 0 Å². The Kier molecular flexibility index (Phi) is 4.56. The van der Waals surface area contributed by atoms with Gasteiger partial charge in [-0.3, -0.25) is 4.79 Å². The molecule has 1 heterocycles. The zero-order chi connectivity index (χ0) is 14.4. The van der Waals surface area contributed by atoms with E-state index in [1.807, 2.05) is 35.8 Å². The van der Waals surface area contributed by atoms with Gasteiger partial charge in [-0.05, 0) is 25.1 Å². The van der Waals surface area contributed by atoms with Gasteiger partial charge in [-0.2, -0.15) is 0 Å². The Morgan fingerprint density at radius 1 is 1.50 bits per heavy atom. The molecule has 2 rings (SSSR count). The molecule has 0 aliphatic rings. The van der Waals surface area contributed by atoms with Crippen molar-refractivity contribution >= 4 is 16.9 Å².